The van der Waals surface area contributed by atoms with Gasteiger partial charge in [-0.05, 0) is 12.1 Å². The summed E-state index contributed by atoms with van der Waals surface area (Å²) in [7, 11) is 0. The lowest BCUT2D eigenvalue weighted by Crippen LogP contribution is -2.49. The van der Waals surface area contributed by atoms with Gasteiger partial charge in [-0.15, -0.1) is 0 Å². The first kappa shape index (κ1) is 10.9. The molecule has 5 heteroatoms. The van der Waals surface area contributed by atoms with Crippen molar-refractivity contribution in [3.63, 3.8) is 0 Å². The quantitative estimate of drug-likeness (QED) is 0.821. The zero-order valence-corrected chi connectivity index (χ0v) is 8.61. The van der Waals surface area contributed by atoms with E-state index in [4.69, 9.17) is 9.47 Å². The van der Waals surface area contributed by atoms with E-state index in [1.54, 1.807) is 6.07 Å². The number of halogens is 1. The Morgan fingerprint density at radius 2 is 2.38 bits per heavy atom. The number of carbonyl (C=O) groups excluding carboxylic acids is 1. The Labute approximate surface area is 92.4 Å². The number of benzene rings is 1. The van der Waals surface area contributed by atoms with Crippen molar-refractivity contribution in [2.45, 2.75) is 6.04 Å². The molecule has 0 atom stereocenters. The van der Waals surface area contributed by atoms with E-state index in [9.17, 15) is 9.18 Å². The number of hydrogen-bond acceptors (Lipinski definition) is 3. The molecule has 0 spiro atoms. The van der Waals surface area contributed by atoms with Gasteiger partial charge >= 0.3 is 0 Å². The Bertz CT molecular complexity index is 379. The van der Waals surface area contributed by atoms with Crippen LogP contribution >= 0.6 is 0 Å². The minimum absolute atomic E-state index is 0.0867. The average Bonchev–Trinajstić information content (AvgIpc) is 2.21. The van der Waals surface area contributed by atoms with Crippen molar-refractivity contribution >= 4 is 5.91 Å². The van der Waals surface area contributed by atoms with Crippen LogP contribution in [0.2, 0.25) is 0 Å². The lowest BCUT2D eigenvalue weighted by Gasteiger charge is -2.26. The molecule has 1 heterocycles. The molecule has 0 unspecified atom stereocenters. The molecule has 0 bridgehead atoms. The van der Waals surface area contributed by atoms with E-state index >= 15 is 0 Å². The molecule has 86 valence electrons. The normalized spacial score (nSPS) is 15.3. The van der Waals surface area contributed by atoms with Crippen LogP contribution < -0.4 is 10.1 Å². The van der Waals surface area contributed by atoms with Gasteiger partial charge in [-0.2, -0.15) is 0 Å². The molecule has 0 radical (unpaired) electrons. The number of hydrogen-bond donors (Lipinski definition) is 1. The van der Waals surface area contributed by atoms with Gasteiger partial charge in [0.2, 0.25) is 0 Å². The lowest BCUT2D eigenvalue weighted by molar-refractivity contribution is -0.127. The highest BCUT2D eigenvalue weighted by Crippen LogP contribution is 2.11. The van der Waals surface area contributed by atoms with E-state index in [0.29, 0.717) is 19.0 Å². The summed E-state index contributed by atoms with van der Waals surface area (Å²) < 4.78 is 22.8. The summed E-state index contributed by atoms with van der Waals surface area (Å²) in [6, 6.07) is 5.77. The van der Waals surface area contributed by atoms with Gasteiger partial charge in [-0.25, -0.2) is 4.39 Å². The molecule has 0 aromatic heterocycles. The SMILES string of the molecule is O=C(COc1cccc(F)c1)NC1COC1. The number of nitrogens with one attached hydrogen (secondary N) is 1. The summed E-state index contributed by atoms with van der Waals surface area (Å²) in [6.07, 6.45) is 0. The Hall–Kier alpha value is -1.62. The number of ether oxygens (including phenoxy) is 2. The van der Waals surface area contributed by atoms with Crippen LogP contribution in [0.5, 0.6) is 5.75 Å². The zero-order valence-electron chi connectivity index (χ0n) is 8.61. The largest absolute Gasteiger partial charge is 0.484 e. The molecule has 1 aliphatic rings. The van der Waals surface area contributed by atoms with Crippen LogP contribution in [0.15, 0.2) is 24.3 Å². The fraction of sp³-hybridized carbons (Fsp3) is 0.364. The van der Waals surface area contributed by atoms with E-state index in [1.807, 2.05) is 0 Å². The van der Waals surface area contributed by atoms with Gasteiger partial charge in [0.05, 0.1) is 19.3 Å². The highest BCUT2D eigenvalue weighted by molar-refractivity contribution is 5.77. The van der Waals surface area contributed by atoms with Gasteiger partial charge < -0.3 is 14.8 Å². The summed E-state index contributed by atoms with van der Waals surface area (Å²) in [4.78, 5) is 11.3. The van der Waals surface area contributed by atoms with E-state index in [2.05, 4.69) is 5.32 Å². The van der Waals surface area contributed by atoms with Crippen LogP contribution in [0.25, 0.3) is 0 Å². The summed E-state index contributed by atoms with van der Waals surface area (Å²) in [5, 5.41) is 2.72. The molecule has 1 aromatic carbocycles. The van der Waals surface area contributed by atoms with Crippen molar-refractivity contribution in [1.82, 2.24) is 5.32 Å². The second-order valence-electron chi connectivity index (χ2n) is 3.55. The molecule has 1 saturated heterocycles. The second-order valence-corrected chi connectivity index (χ2v) is 3.55. The van der Waals surface area contributed by atoms with Gasteiger partial charge in [0.25, 0.3) is 5.91 Å². The molecular weight excluding hydrogens is 213 g/mol. The Kier molecular flexibility index (Phi) is 3.36. The zero-order chi connectivity index (χ0) is 11.4. The van der Waals surface area contributed by atoms with Crippen LogP contribution in [0.1, 0.15) is 0 Å². The topological polar surface area (TPSA) is 47.6 Å². The van der Waals surface area contributed by atoms with Crippen molar-refractivity contribution in [1.29, 1.82) is 0 Å². The van der Waals surface area contributed by atoms with Crippen LogP contribution in [-0.2, 0) is 9.53 Å². The van der Waals surface area contributed by atoms with Crippen molar-refractivity contribution in [3.05, 3.63) is 30.1 Å². The van der Waals surface area contributed by atoms with Gasteiger partial charge in [0.1, 0.15) is 11.6 Å². The van der Waals surface area contributed by atoms with Gasteiger partial charge in [-0.3, -0.25) is 4.79 Å². The van der Waals surface area contributed by atoms with Crippen LogP contribution in [0, 0.1) is 5.82 Å². The molecular formula is C11H12FNO3. The van der Waals surface area contributed by atoms with Crippen LogP contribution in [-0.4, -0.2) is 31.8 Å². The van der Waals surface area contributed by atoms with E-state index < -0.39 is 0 Å². The maximum Gasteiger partial charge on any atom is 0.258 e. The highest BCUT2D eigenvalue weighted by Gasteiger charge is 2.20. The molecule has 0 saturated carbocycles. The molecule has 1 fully saturated rings. The van der Waals surface area contributed by atoms with Crippen molar-refractivity contribution < 1.29 is 18.7 Å². The van der Waals surface area contributed by atoms with E-state index in [-0.39, 0.29) is 24.4 Å². The Morgan fingerprint density at radius 1 is 1.56 bits per heavy atom. The van der Waals surface area contributed by atoms with Crippen molar-refractivity contribution in [2.24, 2.45) is 0 Å². The molecule has 2 rings (SSSR count). The van der Waals surface area contributed by atoms with Gasteiger partial charge in [-0.1, -0.05) is 6.07 Å². The van der Waals surface area contributed by atoms with E-state index in [1.165, 1.54) is 18.2 Å². The molecule has 0 aliphatic carbocycles. The summed E-state index contributed by atoms with van der Waals surface area (Å²) in [5.74, 6) is -0.261. The summed E-state index contributed by atoms with van der Waals surface area (Å²) in [6.45, 7) is 0.983. The van der Waals surface area contributed by atoms with Gasteiger partial charge in [0, 0.05) is 6.07 Å². The van der Waals surface area contributed by atoms with Gasteiger partial charge in [0.15, 0.2) is 6.61 Å². The molecule has 1 aliphatic heterocycles. The molecule has 16 heavy (non-hydrogen) atoms. The first-order chi connectivity index (χ1) is 7.74. The standard InChI is InChI=1S/C11H12FNO3/c12-8-2-1-3-10(4-8)16-7-11(14)13-9-5-15-6-9/h1-4,9H,5-7H2,(H,13,14). The number of carbonyl (C=O) groups is 1. The fourth-order valence-corrected chi connectivity index (χ4v) is 1.29. The predicted octanol–water partition coefficient (Wildman–Crippen LogP) is 0.719. The van der Waals surface area contributed by atoms with E-state index in [0.717, 1.165) is 0 Å². The molecule has 1 aromatic rings. The predicted molar refractivity (Wildman–Crippen MR) is 54.6 cm³/mol. The smallest absolute Gasteiger partial charge is 0.258 e. The fourth-order valence-electron chi connectivity index (χ4n) is 1.29. The maximum atomic E-state index is 12.8. The molecule has 1 amide bonds. The van der Waals surface area contributed by atoms with Crippen molar-refractivity contribution in [3.8, 4) is 5.75 Å². The molecule has 1 N–H and O–H groups in total. The molecule has 4 nitrogen and oxygen atoms in total. The van der Waals surface area contributed by atoms with Crippen molar-refractivity contribution in [2.75, 3.05) is 19.8 Å². The minimum atomic E-state index is -0.384. The minimum Gasteiger partial charge on any atom is -0.484 e. The number of rotatable bonds is 4. The lowest BCUT2D eigenvalue weighted by atomic mass is 10.2. The Morgan fingerprint density at radius 3 is 3.00 bits per heavy atom. The van der Waals surface area contributed by atoms with Crippen LogP contribution in [0.3, 0.4) is 0 Å². The first-order valence-corrected chi connectivity index (χ1v) is 4.99. The van der Waals surface area contributed by atoms with Crippen LogP contribution in [0.4, 0.5) is 4.39 Å². The third-order valence-corrected chi connectivity index (χ3v) is 2.17. The third-order valence-electron chi connectivity index (χ3n) is 2.17. The monoisotopic (exact) mass is 225 g/mol. The average molecular weight is 225 g/mol. The Balaban J connectivity index is 1.75. The maximum absolute atomic E-state index is 12.8. The number of amides is 1. The summed E-state index contributed by atoms with van der Waals surface area (Å²) in [5.41, 5.74) is 0. The third kappa shape index (κ3) is 2.93. The summed E-state index contributed by atoms with van der Waals surface area (Å²) >= 11 is 0. The second kappa shape index (κ2) is 4.94. The highest BCUT2D eigenvalue weighted by atomic mass is 19.1. The first-order valence-electron chi connectivity index (χ1n) is 4.99.